The standard InChI is InChI=1S/C32H33FN8/c1-19(2)37-24-12-21(16-34-17-24)29-15-27-31(18-36-29)39-40-32(27)30-14-26-25(6-5-7-28(26)38-30)20-10-22(33)13-23(11-20)35-8-9-41(3)4/h5-7,10-19,35,37-38H,8-9H2,1-4H3,(H,39,40). The van der Waals surface area contributed by atoms with E-state index in [-0.39, 0.29) is 5.82 Å². The van der Waals surface area contributed by atoms with Crippen molar-refractivity contribution in [3.8, 4) is 33.8 Å². The summed E-state index contributed by atoms with van der Waals surface area (Å²) in [7, 11) is 4.03. The molecule has 0 aliphatic carbocycles. The van der Waals surface area contributed by atoms with Gasteiger partial charge in [0.25, 0.3) is 0 Å². The van der Waals surface area contributed by atoms with Gasteiger partial charge in [-0.1, -0.05) is 12.1 Å². The lowest BCUT2D eigenvalue weighted by Gasteiger charge is -2.13. The van der Waals surface area contributed by atoms with Gasteiger partial charge in [-0.05, 0) is 81.5 Å². The van der Waals surface area contributed by atoms with E-state index < -0.39 is 0 Å². The van der Waals surface area contributed by atoms with Crippen molar-refractivity contribution in [3.63, 3.8) is 0 Å². The zero-order chi connectivity index (χ0) is 28.5. The van der Waals surface area contributed by atoms with Crippen molar-refractivity contribution in [1.82, 2.24) is 30.0 Å². The largest absolute Gasteiger partial charge is 0.384 e. The minimum atomic E-state index is -0.275. The zero-order valence-electron chi connectivity index (χ0n) is 23.6. The number of nitrogens with one attached hydrogen (secondary N) is 4. The molecule has 9 heteroatoms. The lowest BCUT2D eigenvalue weighted by Crippen LogP contribution is -2.20. The minimum absolute atomic E-state index is 0.275. The Morgan fingerprint density at radius 1 is 0.902 bits per heavy atom. The molecule has 0 atom stereocenters. The average Bonchev–Trinajstić information content (AvgIpc) is 3.56. The van der Waals surface area contributed by atoms with Gasteiger partial charge in [0.05, 0.1) is 28.8 Å². The van der Waals surface area contributed by atoms with Gasteiger partial charge in [0.2, 0.25) is 0 Å². The predicted octanol–water partition coefficient (Wildman–Crippen LogP) is 6.77. The summed E-state index contributed by atoms with van der Waals surface area (Å²) in [6.45, 7) is 5.77. The molecule has 6 aromatic rings. The molecule has 0 saturated carbocycles. The fraction of sp³-hybridized carbons (Fsp3) is 0.219. The Balaban J connectivity index is 1.37. The van der Waals surface area contributed by atoms with Crippen molar-refractivity contribution in [2.24, 2.45) is 0 Å². The van der Waals surface area contributed by atoms with Crippen LogP contribution in [0.25, 0.3) is 55.6 Å². The van der Waals surface area contributed by atoms with Crippen molar-refractivity contribution in [3.05, 3.63) is 79.0 Å². The number of nitrogens with zero attached hydrogens (tertiary/aromatic N) is 4. The highest BCUT2D eigenvalue weighted by atomic mass is 19.1. The third kappa shape index (κ3) is 5.62. The molecule has 0 saturated heterocycles. The van der Waals surface area contributed by atoms with E-state index in [0.29, 0.717) is 6.04 Å². The number of halogens is 1. The molecule has 0 spiro atoms. The molecule has 0 radical (unpaired) electrons. The molecular formula is C32H33FN8. The van der Waals surface area contributed by atoms with E-state index in [1.54, 1.807) is 12.3 Å². The van der Waals surface area contributed by atoms with Gasteiger partial charge in [0, 0.05) is 59.1 Å². The van der Waals surface area contributed by atoms with Crippen LogP contribution < -0.4 is 10.6 Å². The Morgan fingerprint density at radius 2 is 1.76 bits per heavy atom. The molecule has 6 rings (SSSR count). The number of pyridine rings is 2. The highest BCUT2D eigenvalue weighted by molar-refractivity contribution is 6.01. The van der Waals surface area contributed by atoms with E-state index in [0.717, 1.165) is 80.0 Å². The molecule has 41 heavy (non-hydrogen) atoms. The molecule has 0 amide bonds. The number of anilines is 2. The highest BCUT2D eigenvalue weighted by Crippen LogP contribution is 2.36. The Bertz CT molecular complexity index is 1840. The second-order valence-corrected chi connectivity index (χ2v) is 10.9. The van der Waals surface area contributed by atoms with Crippen molar-refractivity contribution >= 4 is 33.2 Å². The number of aromatic amines is 2. The molecule has 4 aromatic heterocycles. The number of likely N-dealkylation sites (N-methyl/N-ethyl adjacent to an activating group) is 1. The van der Waals surface area contributed by atoms with Crippen LogP contribution in [0.5, 0.6) is 0 Å². The van der Waals surface area contributed by atoms with Crippen LogP contribution in [0.15, 0.2) is 73.2 Å². The van der Waals surface area contributed by atoms with Gasteiger partial charge in [-0.2, -0.15) is 5.10 Å². The van der Waals surface area contributed by atoms with Gasteiger partial charge >= 0.3 is 0 Å². The Hall–Kier alpha value is -4.76. The van der Waals surface area contributed by atoms with Gasteiger partial charge in [-0.15, -0.1) is 0 Å². The van der Waals surface area contributed by atoms with E-state index in [1.807, 2.05) is 56.8 Å². The number of H-pyrrole nitrogens is 2. The molecule has 0 fully saturated rings. The van der Waals surface area contributed by atoms with Gasteiger partial charge < -0.3 is 20.5 Å². The maximum atomic E-state index is 14.7. The van der Waals surface area contributed by atoms with Crippen LogP contribution >= 0.6 is 0 Å². The zero-order valence-corrected chi connectivity index (χ0v) is 23.6. The van der Waals surface area contributed by atoms with Crippen molar-refractivity contribution < 1.29 is 4.39 Å². The third-order valence-electron chi connectivity index (χ3n) is 6.95. The second kappa shape index (κ2) is 11.0. The lowest BCUT2D eigenvalue weighted by atomic mass is 10.0. The normalized spacial score (nSPS) is 11.7. The SMILES string of the molecule is CC(C)Nc1cncc(-c2cc3c(-c4cc5c(-c6cc(F)cc(NCCN(C)C)c6)cccc5[nH]4)n[nH]c3cn2)c1. The molecule has 0 unspecified atom stereocenters. The molecule has 0 aliphatic rings. The summed E-state index contributed by atoms with van der Waals surface area (Å²) in [6.07, 6.45) is 5.43. The maximum Gasteiger partial charge on any atom is 0.125 e. The van der Waals surface area contributed by atoms with Gasteiger partial charge in [0.1, 0.15) is 11.5 Å². The van der Waals surface area contributed by atoms with Crippen molar-refractivity contribution in [2.45, 2.75) is 19.9 Å². The van der Waals surface area contributed by atoms with Crippen LogP contribution in [-0.2, 0) is 0 Å². The first-order chi connectivity index (χ1) is 19.8. The highest BCUT2D eigenvalue weighted by Gasteiger charge is 2.16. The van der Waals surface area contributed by atoms with Gasteiger partial charge in [-0.25, -0.2) is 4.39 Å². The monoisotopic (exact) mass is 548 g/mol. The number of rotatable bonds is 9. The minimum Gasteiger partial charge on any atom is -0.384 e. The summed E-state index contributed by atoms with van der Waals surface area (Å²) < 4.78 is 14.7. The van der Waals surface area contributed by atoms with Crippen molar-refractivity contribution in [1.29, 1.82) is 0 Å². The van der Waals surface area contributed by atoms with E-state index in [2.05, 4.69) is 66.7 Å². The van der Waals surface area contributed by atoms with Gasteiger partial charge in [-0.3, -0.25) is 15.1 Å². The first kappa shape index (κ1) is 26.5. The molecule has 208 valence electrons. The topological polar surface area (TPSA) is 97.5 Å². The summed E-state index contributed by atoms with van der Waals surface area (Å²) in [4.78, 5) is 14.7. The maximum absolute atomic E-state index is 14.7. The van der Waals surface area contributed by atoms with Crippen LogP contribution in [-0.4, -0.2) is 63.3 Å². The summed E-state index contributed by atoms with van der Waals surface area (Å²) in [5.41, 5.74) is 8.65. The second-order valence-electron chi connectivity index (χ2n) is 10.9. The Kier molecular flexibility index (Phi) is 7.11. The van der Waals surface area contributed by atoms with Crippen LogP contribution in [0.2, 0.25) is 0 Å². The summed E-state index contributed by atoms with van der Waals surface area (Å²) in [5.74, 6) is -0.275. The van der Waals surface area contributed by atoms with E-state index in [1.165, 1.54) is 6.07 Å². The van der Waals surface area contributed by atoms with E-state index in [4.69, 9.17) is 0 Å². The molecule has 0 aliphatic heterocycles. The number of fused-ring (bicyclic) bond motifs is 2. The Morgan fingerprint density at radius 3 is 2.59 bits per heavy atom. The molecule has 4 N–H and O–H groups in total. The Labute approximate surface area is 238 Å². The summed E-state index contributed by atoms with van der Waals surface area (Å²) in [6, 6.07) is 17.6. The quantitative estimate of drug-likeness (QED) is 0.159. The van der Waals surface area contributed by atoms with Crippen LogP contribution in [0.4, 0.5) is 15.8 Å². The first-order valence-electron chi connectivity index (χ1n) is 13.7. The smallest absolute Gasteiger partial charge is 0.125 e. The van der Waals surface area contributed by atoms with E-state index in [9.17, 15) is 4.39 Å². The van der Waals surface area contributed by atoms with Crippen LogP contribution in [0.1, 0.15) is 13.8 Å². The predicted molar refractivity (Wildman–Crippen MR) is 166 cm³/mol. The van der Waals surface area contributed by atoms with Gasteiger partial charge in [0.15, 0.2) is 0 Å². The van der Waals surface area contributed by atoms with E-state index >= 15 is 0 Å². The fourth-order valence-corrected chi connectivity index (χ4v) is 5.08. The van der Waals surface area contributed by atoms with Crippen LogP contribution in [0, 0.1) is 5.82 Å². The lowest BCUT2D eigenvalue weighted by molar-refractivity contribution is 0.425. The summed E-state index contributed by atoms with van der Waals surface area (Å²) in [5, 5.41) is 16.4. The molecular weight excluding hydrogens is 515 g/mol. The number of benzene rings is 2. The molecule has 2 aromatic carbocycles. The number of hydrogen-bond donors (Lipinski definition) is 4. The van der Waals surface area contributed by atoms with Crippen molar-refractivity contribution in [2.75, 3.05) is 37.8 Å². The third-order valence-corrected chi connectivity index (χ3v) is 6.95. The first-order valence-corrected chi connectivity index (χ1v) is 13.7. The van der Waals surface area contributed by atoms with Crippen LogP contribution in [0.3, 0.4) is 0 Å². The average molecular weight is 549 g/mol. The number of hydrogen-bond acceptors (Lipinski definition) is 6. The molecule has 4 heterocycles. The fourth-order valence-electron chi connectivity index (χ4n) is 5.08. The molecule has 8 nitrogen and oxygen atoms in total. The number of aromatic nitrogens is 5. The molecule has 0 bridgehead atoms. The summed E-state index contributed by atoms with van der Waals surface area (Å²) >= 11 is 0.